The quantitative estimate of drug-likeness (QED) is 0.846. The number of aryl methyl sites for hydroxylation is 1. The zero-order valence-corrected chi connectivity index (χ0v) is 11.2. The zero-order chi connectivity index (χ0) is 14.4. The summed E-state index contributed by atoms with van der Waals surface area (Å²) in [5, 5.41) is 6.71. The maximum atomic E-state index is 13.3. The van der Waals surface area contributed by atoms with Gasteiger partial charge in [0.15, 0.2) is 0 Å². The molecule has 0 radical (unpaired) electrons. The Morgan fingerprint density at radius 2 is 2.25 bits per heavy atom. The second kappa shape index (κ2) is 6.65. The van der Waals surface area contributed by atoms with E-state index in [1.54, 1.807) is 35.2 Å². The van der Waals surface area contributed by atoms with Crippen LogP contribution in [0.15, 0.2) is 42.7 Å². The summed E-state index contributed by atoms with van der Waals surface area (Å²) < 4.78 is 15.0. The van der Waals surface area contributed by atoms with E-state index in [-0.39, 0.29) is 11.7 Å². The Morgan fingerprint density at radius 1 is 1.45 bits per heavy atom. The van der Waals surface area contributed by atoms with E-state index in [4.69, 9.17) is 0 Å². The number of halogens is 1. The minimum absolute atomic E-state index is 0.204. The van der Waals surface area contributed by atoms with Gasteiger partial charge in [0.25, 0.3) is 0 Å². The molecular formula is C15H16FN3O. The van der Waals surface area contributed by atoms with Crippen LogP contribution in [0.2, 0.25) is 0 Å². The van der Waals surface area contributed by atoms with Gasteiger partial charge in [-0.05, 0) is 24.1 Å². The number of nitrogens with one attached hydrogen (secondary N) is 1. The molecule has 20 heavy (non-hydrogen) atoms. The zero-order valence-electron chi connectivity index (χ0n) is 11.2. The molecule has 4 nitrogen and oxygen atoms in total. The molecule has 2 aromatic rings. The van der Waals surface area contributed by atoms with Crippen LogP contribution in [-0.4, -0.2) is 22.2 Å². The number of hydrogen-bond acceptors (Lipinski definition) is 2. The van der Waals surface area contributed by atoms with Crippen molar-refractivity contribution in [3.05, 3.63) is 59.7 Å². The molecule has 0 unspecified atom stereocenters. The average molecular weight is 273 g/mol. The number of carbonyl (C=O) groups excluding carboxylic acids is 1. The van der Waals surface area contributed by atoms with Gasteiger partial charge >= 0.3 is 0 Å². The van der Waals surface area contributed by atoms with E-state index >= 15 is 0 Å². The number of carbonyl (C=O) groups is 1. The minimum atomic E-state index is -0.243. The number of amides is 1. The van der Waals surface area contributed by atoms with E-state index in [1.807, 2.05) is 13.2 Å². The topological polar surface area (TPSA) is 46.9 Å². The molecule has 1 aromatic carbocycles. The number of benzene rings is 1. The molecule has 104 valence electrons. The molecule has 0 aliphatic rings. The van der Waals surface area contributed by atoms with E-state index in [1.165, 1.54) is 12.1 Å². The molecule has 0 atom stereocenters. The van der Waals surface area contributed by atoms with Crippen molar-refractivity contribution in [3.63, 3.8) is 0 Å². The number of hydrogen-bond donors (Lipinski definition) is 1. The predicted octanol–water partition coefficient (Wildman–Crippen LogP) is 1.93. The molecule has 5 heteroatoms. The molecule has 0 aliphatic heterocycles. The van der Waals surface area contributed by atoms with Crippen LogP contribution in [0.4, 0.5) is 4.39 Å². The Labute approximate surface area is 116 Å². The van der Waals surface area contributed by atoms with Gasteiger partial charge in [-0.3, -0.25) is 9.48 Å². The van der Waals surface area contributed by atoms with Crippen molar-refractivity contribution in [3.8, 4) is 0 Å². The highest BCUT2D eigenvalue weighted by Crippen LogP contribution is 2.06. The summed E-state index contributed by atoms with van der Waals surface area (Å²) >= 11 is 0. The molecular weight excluding hydrogens is 257 g/mol. The molecule has 0 bridgehead atoms. The fourth-order valence-electron chi connectivity index (χ4n) is 1.78. The first-order valence-electron chi connectivity index (χ1n) is 6.33. The van der Waals surface area contributed by atoms with Crippen molar-refractivity contribution < 1.29 is 9.18 Å². The maximum Gasteiger partial charge on any atom is 0.244 e. The van der Waals surface area contributed by atoms with E-state index < -0.39 is 0 Å². The van der Waals surface area contributed by atoms with Gasteiger partial charge in [0.2, 0.25) is 5.91 Å². The third-order valence-electron chi connectivity index (χ3n) is 2.80. The normalized spacial score (nSPS) is 10.9. The van der Waals surface area contributed by atoms with E-state index in [9.17, 15) is 9.18 Å². The molecule has 1 amide bonds. The lowest BCUT2D eigenvalue weighted by atomic mass is 10.1. The fraction of sp³-hybridized carbons (Fsp3) is 0.200. The third-order valence-corrected chi connectivity index (χ3v) is 2.80. The molecule has 0 saturated carbocycles. The Balaban J connectivity index is 1.78. The number of rotatable bonds is 5. The first kappa shape index (κ1) is 14.0. The van der Waals surface area contributed by atoms with Gasteiger partial charge in [-0.1, -0.05) is 18.2 Å². The van der Waals surface area contributed by atoms with E-state index in [2.05, 4.69) is 10.4 Å². The van der Waals surface area contributed by atoms with Crippen LogP contribution in [0.1, 0.15) is 11.1 Å². The maximum absolute atomic E-state index is 13.3. The molecule has 0 spiro atoms. The van der Waals surface area contributed by atoms with Crippen molar-refractivity contribution in [1.82, 2.24) is 15.1 Å². The van der Waals surface area contributed by atoms with E-state index in [0.29, 0.717) is 18.5 Å². The van der Waals surface area contributed by atoms with Gasteiger partial charge in [0.1, 0.15) is 5.82 Å². The molecule has 0 aliphatic carbocycles. The Kier molecular flexibility index (Phi) is 4.65. The smallest absolute Gasteiger partial charge is 0.244 e. The molecule has 2 rings (SSSR count). The monoisotopic (exact) mass is 273 g/mol. The van der Waals surface area contributed by atoms with Crippen LogP contribution in [0.5, 0.6) is 0 Å². The Morgan fingerprint density at radius 3 is 2.95 bits per heavy atom. The summed E-state index contributed by atoms with van der Waals surface area (Å²) in [6.45, 7) is 0.400. The molecule has 1 aromatic heterocycles. The standard InChI is InChI=1S/C15H16FN3O/c1-19-11-12(10-18-19)6-7-15(20)17-9-8-13-4-2-3-5-14(13)16/h2-7,10-11H,8-9H2,1H3,(H,17,20)/b7-6+. The Bertz CT molecular complexity index is 619. The van der Waals surface area contributed by atoms with Crippen LogP contribution in [0.25, 0.3) is 6.08 Å². The molecule has 0 fully saturated rings. The van der Waals surface area contributed by atoms with Gasteiger partial charge in [0, 0.05) is 31.4 Å². The van der Waals surface area contributed by atoms with Crippen LogP contribution in [-0.2, 0) is 18.3 Å². The first-order chi connectivity index (χ1) is 9.65. The highest BCUT2D eigenvalue weighted by Gasteiger charge is 2.01. The van der Waals surface area contributed by atoms with Gasteiger partial charge in [0.05, 0.1) is 6.20 Å². The molecule has 1 N–H and O–H groups in total. The highest BCUT2D eigenvalue weighted by molar-refractivity contribution is 5.91. The number of aromatic nitrogens is 2. The lowest BCUT2D eigenvalue weighted by Gasteiger charge is -2.03. The van der Waals surface area contributed by atoms with Crippen molar-refractivity contribution in [2.45, 2.75) is 6.42 Å². The van der Waals surface area contributed by atoms with Gasteiger partial charge < -0.3 is 5.32 Å². The lowest BCUT2D eigenvalue weighted by molar-refractivity contribution is -0.116. The van der Waals surface area contributed by atoms with Crippen LogP contribution in [0, 0.1) is 5.82 Å². The summed E-state index contributed by atoms with van der Waals surface area (Å²) in [5.41, 5.74) is 1.46. The predicted molar refractivity (Wildman–Crippen MR) is 75.4 cm³/mol. The second-order valence-electron chi connectivity index (χ2n) is 4.41. The van der Waals surface area contributed by atoms with Crippen molar-refractivity contribution in [1.29, 1.82) is 0 Å². The Hall–Kier alpha value is -2.43. The van der Waals surface area contributed by atoms with E-state index in [0.717, 1.165) is 5.56 Å². The summed E-state index contributed by atoms with van der Waals surface area (Å²) in [4.78, 5) is 11.6. The summed E-state index contributed by atoms with van der Waals surface area (Å²) in [6.07, 6.45) is 7.08. The van der Waals surface area contributed by atoms with Crippen molar-refractivity contribution >= 4 is 12.0 Å². The van der Waals surface area contributed by atoms with Gasteiger partial charge in [-0.2, -0.15) is 5.10 Å². The third kappa shape index (κ3) is 4.05. The molecule has 1 heterocycles. The van der Waals surface area contributed by atoms with Crippen LogP contribution in [0.3, 0.4) is 0 Å². The minimum Gasteiger partial charge on any atom is -0.352 e. The number of nitrogens with zero attached hydrogens (tertiary/aromatic N) is 2. The summed E-state index contributed by atoms with van der Waals surface area (Å²) in [5.74, 6) is -0.446. The lowest BCUT2D eigenvalue weighted by Crippen LogP contribution is -2.23. The molecule has 0 saturated heterocycles. The second-order valence-corrected chi connectivity index (χ2v) is 4.41. The SMILES string of the molecule is Cn1cc(/C=C/C(=O)NCCc2ccccc2F)cn1. The average Bonchev–Trinajstić information content (AvgIpc) is 2.84. The fourth-order valence-corrected chi connectivity index (χ4v) is 1.78. The van der Waals surface area contributed by atoms with Gasteiger partial charge in [-0.15, -0.1) is 0 Å². The van der Waals surface area contributed by atoms with Crippen LogP contribution >= 0.6 is 0 Å². The van der Waals surface area contributed by atoms with Crippen molar-refractivity contribution in [2.75, 3.05) is 6.54 Å². The summed E-state index contributed by atoms with van der Waals surface area (Å²) in [7, 11) is 1.81. The van der Waals surface area contributed by atoms with Gasteiger partial charge in [-0.25, -0.2) is 4.39 Å². The van der Waals surface area contributed by atoms with Crippen molar-refractivity contribution in [2.24, 2.45) is 7.05 Å². The summed E-state index contributed by atoms with van der Waals surface area (Å²) in [6, 6.07) is 6.56. The first-order valence-corrected chi connectivity index (χ1v) is 6.33. The van der Waals surface area contributed by atoms with Crippen LogP contribution < -0.4 is 5.32 Å². The largest absolute Gasteiger partial charge is 0.352 e. The highest BCUT2D eigenvalue weighted by atomic mass is 19.1.